The first-order valence-electron chi connectivity index (χ1n) is 4.85. The molecule has 0 radical (unpaired) electrons. The molecule has 0 aliphatic carbocycles. The molecule has 0 saturated heterocycles. The summed E-state index contributed by atoms with van der Waals surface area (Å²) in [6.45, 7) is 8.00. The molecule has 0 spiro atoms. The summed E-state index contributed by atoms with van der Waals surface area (Å²) in [6, 6.07) is 12.0. The zero-order valence-electron chi connectivity index (χ0n) is 9.81. The van der Waals surface area contributed by atoms with Gasteiger partial charge in [-0.3, -0.25) is 0 Å². The van der Waals surface area contributed by atoms with E-state index in [1.165, 1.54) is 7.05 Å². The van der Waals surface area contributed by atoms with Crippen molar-refractivity contribution in [1.82, 2.24) is 0 Å². The standard InChI is InChI=1S/C6H6.2C2H6.CH3N3/c1-2-4-6-5-3-1;2*1-2;1-3-4-2/h1-6H;2*1-2H3;1H3. The molecule has 0 heterocycles. The van der Waals surface area contributed by atoms with E-state index < -0.39 is 0 Å². The van der Waals surface area contributed by atoms with E-state index in [0.717, 1.165) is 0 Å². The Balaban J connectivity index is -0.000000134. The first kappa shape index (κ1) is 18.3. The molecule has 1 aromatic rings. The Bertz CT molecular complexity index is 164. The molecule has 3 heteroatoms. The molecule has 0 aromatic heterocycles. The second-order valence-corrected chi connectivity index (χ2v) is 1.44. The molecule has 0 atom stereocenters. The highest BCUT2D eigenvalue weighted by atomic mass is 15.1. The SMILES string of the molecule is CC.CC.CN=[N+]=[N-].c1ccccc1. The Labute approximate surface area is 87.4 Å². The third-order valence-electron chi connectivity index (χ3n) is 0.756. The number of nitrogens with zero attached hydrogens (tertiary/aromatic N) is 3. The number of hydrogen-bond acceptors (Lipinski definition) is 1. The van der Waals surface area contributed by atoms with Gasteiger partial charge >= 0.3 is 0 Å². The van der Waals surface area contributed by atoms with Crippen molar-refractivity contribution in [3.8, 4) is 0 Å². The van der Waals surface area contributed by atoms with Crippen LogP contribution >= 0.6 is 0 Å². The van der Waals surface area contributed by atoms with E-state index in [-0.39, 0.29) is 0 Å². The van der Waals surface area contributed by atoms with Gasteiger partial charge in [0, 0.05) is 12.0 Å². The summed E-state index contributed by atoms with van der Waals surface area (Å²) in [6.07, 6.45) is 0. The summed E-state index contributed by atoms with van der Waals surface area (Å²) >= 11 is 0. The third kappa shape index (κ3) is 31.3. The van der Waals surface area contributed by atoms with Crippen LogP contribution in [0.25, 0.3) is 10.4 Å². The fourth-order valence-electron chi connectivity index (χ4n) is 0.385. The van der Waals surface area contributed by atoms with E-state index in [4.69, 9.17) is 5.53 Å². The quantitative estimate of drug-likeness (QED) is 0.328. The van der Waals surface area contributed by atoms with Crippen LogP contribution in [0.5, 0.6) is 0 Å². The first-order chi connectivity index (χ1) is 6.91. The minimum atomic E-state index is 1.39. The Kier molecular flexibility index (Phi) is 39.3. The van der Waals surface area contributed by atoms with Crippen LogP contribution in [0.15, 0.2) is 41.5 Å². The average Bonchev–Trinajstić information content (AvgIpc) is 2.36. The van der Waals surface area contributed by atoms with Gasteiger partial charge in [0.2, 0.25) is 0 Å². The summed E-state index contributed by atoms with van der Waals surface area (Å²) < 4.78 is 0. The van der Waals surface area contributed by atoms with Crippen LogP contribution in [0.3, 0.4) is 0 Å². The van der Waals surface area contributed by atoms with Crippen molar-refractivity contribution in [3.63, 3.8) is 0 Å². The van der Waals surface area contributed by atoms with Crippen LogP contribution in [0.2, 0.25) is 0 Å². The molecule has 0 aliphatic rings. The van der Waals surface area contributed by atoms with E-state index in [1.54, 1.807) is 0 Å². The fraction of sp³-hybridized carbons (Fsp3) is 0.455. The highest BCUT2D eigenvalue weighted by Gasteiger charge is 1.57. The topological polar surface area (TPSA) is 48.8 Å². The summed E-state index contributed by atoms with van der Waals surface area (Å²) in [4.78, 5) is 2.36. The van der Waals surface area contributed by atoms with E-state index in [9.17, 15) is 0 Å². The van der Waals surface area contributed by atoms with Crippen LogP contribution in [-0.2, 0) is 0 Å². The number of hydrogen-bond donors (Lipinski definition) is 0. The molecule has 1 rings (SSSR count). The zero-order valence-corrected chi connectivity index (χ0v) is 9.81. The molecule has 0 unspecified atom stereocenters. The van der Waals surface area contributed by atoms with Gasteiger partial charge in [0.15, 0.2) is 0 Å². The number of azide groups is 1. The lowest BCUT2D eigenvalue weighted by molar-refractivity contribution is 1.40. The monoisotopic (exact) mass is 195 g/mol. The van der Waals surface area contributed by atoms with Crippen LogP contribution in [0.1, 0.15) is 27.7 Å². The molecule has 0 bridgehead atoms. The van der Waals surface area contributed by atoms with Gasteiger partial charge in [0.25, 0.3) is 0 Å². The Morgan fingerprint density at radius 3 is 1.00 bits per heavy atom. The summed E-state index contributed by atoms with van der Waals surface area (Å²) in [7, 11) is 1.39. The van der Waals surface area contributed by atoms with E-state index in [0.29, 0.717) is 0 Å². The predicted molar refractivity (Wildman–Crippen MR) is 64.2 cm³/mol. The van der Waals surface area contributed by atoms with Crippen molar-refractivity contribution in [1.29, 1.82) is 0 Å². The van der Waals surface area contributed by atoms with Gasteiger partial charge in [-0.1, -0.05) is 69.2 Å². The van der Waals surface area contributed by atoms with Crippen molar-refractivity contribution in [2.45, 2.75) is 27.7 Å². The van der Waals surface area contributed by atoms with E-state index in [2.05, 4.69) is 10.0 Å². The lowest BCUT2D eigenvalue weighted by atomic mass is 10.4. The molecule has 0 aliphatic heterocycles. The Morgan fingerprint density at radius 2 is 0.929 bits per heavy atom. The van der Waals surface area contributed by atoms with Gasteiger partial charge in [0.1, 0.15) is 0 Å². The molecular weight excluding hydrogens is 174 g/mol. The molecule has 80 valence electrons. The minimum Gasteiger partial charge on any atom is -0.0973 e. The van der Waals surface area contributed by atoms with Crippen molar-refractivity contribution >= 4 is 0 Å². The summed E-state index contributed by atoms with van der Waals surface area (Å²) in [5.74, 6) is 0. The highest BCUT2D eigenvalue weighted by molar-refractivity contribution is 4.99. The van der Waals surface area contributed by atoms with Crippen molar-refractivity contribution in [2.24, 2.45) is 5.11 Å². The van der Waals surface area contributed by atoms with Gasteiger partial charge in [-0.15, -0.1) is 0 Å². The molecule has 14 heavy (non-hydrogen) atoms. The minimum absolute atomic E-state index is 1.39. The van der Waals surface area contributed by atoms with Gasteiger partial charge in [-0.25, -0.2) is 0 Å². The molecule has 0 N–H and O–H groups in total. The van der Waals surface area contributed by atoms with Gasteiger partial charge in [-0.2, -0.15) is 0 Å². The second kappa shape index (κ2) is 30.0. The lowest BCUT2D eigenvalue weighted by Crippen LogP contribution is -1.47. The van der Waals surface area contributed by atoms with Crippen molar-refractivity contribution in [3.05, 3.63) is 46.8 Å². The largest absolute Gasteiger partial charge is 0.0973 e. The maximum Gasteiger partial charge on any atom is 0.0139 e. The Hall–Kier alpha value is -1.47. The molecular formula is C11H21N3. The normalized spacial score (nSPS) is 5.50. The highest BCUT2D eigenvalue weighted by Crippen LogP contribution is 1.79. The number of rotatable bonds is 0. The van der Waals surface area contributed by atoms with Crippen LogP contribution in [-0.4, -0.2) is 7.05 Å². The van der Waals surface area contributed by atoms with Gasteiger partial charge in [-0.05, 0) is 5.53 Å². The maximum atomic E-state index is 7.33. The van der Waals surface area contributed by atoms with Gasteiger partial charge < -0.3 is 0 Å². The zero-order chi connectivity index (χ0) is 11.7. The third-order valence-corrected chi connectivity index (χ3v) is 0.756. The van der Waals surface area contributed by atoms with Crippen LogP contribution in [0.4, 0.5) is 0 Å². The molecule has 0 fully saturated rings. The summed E-state index contributed by atoms with van der Waals surface area (Å²) in [5, 5.41) is 2.92. The first-order valence-corrected chi connectivity index (χ1v) is 4.85. The fourth-order valence-corrected chi connectivity index (χ4v) is 0.385. The van der Waals surface area contributed by atoms with E-state index in [1.807, 2.05) is 64.1 Å². The summed E-state index contributed by atoms with van der Waals surface area (Å²) in [5.41, 5.74) is 7.33. The lowest BCUT2D eigenvalue weighted by Gasteiger charge is -1.69. The maximum absolute atomic E-state index is 7.33. The van der Waals surface area contributed by atoms with Crippen LogP contribution < -0.4 is 0 Å². The second-order valence-electron chi connectivity index (χ2n) is 1.44. The van der Waals surface area contributed by atoms with Crippen molar-refractivity contribution in [2.75, 3.05) is 7.05 Å². The van der Waals surface area contributed by atoms with Crippen molar-refractivity contribution < 1.29 is 0 Å². The molecule has 0 saturated carbocycles. The smallest absolute Gasteiger partial charge is 0.0139 e. The average molecular weight is 195 g/mol. The molecule has 3 nitrogen and oxygen atoms in total. The Morgan fingerprint density at radius 1 is 0.786 bits per heavy atom. The van der Waals surface area contributed by atoms with E-state index >= 15 is 0 Å². The van der Waals surface area contributed by atoms with Crippen LogP contribution in [0, 0.1) is 0 Å². The number of benzene rings is 1. The predicted octanol–water partition coefficient (Wildman–Crippen LogP) is 4.67. The van der Waals surface area contributed by atoms with Gasteiger partial charge in [0.05, 0.1) is 0 Å². The molecule has 1 aromatic carbocycles. The molecule has 0 amide bonds.